The van der Waals surface area contributed by atoms with Gasteiger partial charge in [0.15, 0.2) is 12.4 Å². The van der Waals surface area contributed by atoms with Crippen LogP contribution in [0, 0.1) is 6.92 Å². The number of rotatable bonds is 8. The Labute approximate surface area is 104 Å². The van der Waals surface area contributed by atoms with Gasteiger partial charge in [0.25, 0.3) is 0 Å². The predicted molar refractivity (Wildman–Crippen MR) is 72.8 cm³/mol. The van der Waals surface area contributed by atoms with Gasteiger partial charge in [-0.2, -0.15) is 11.8 Å². The lowest BCUT2D eigenvalue weighted by atomic mass is 10.3. The summed E-state index contributed by atoms with van der Waals surface area (Å²) in [5.74, 6) is 2.64. The standard InChI is InChI=1S/C14H24NS/c1-3-4-5-12-16-13-6-9-15-10-7-14(2)8-11-15/h7-8,10-11H,3-6,9,12-13H2,1-2H3/q+1. The second kappa shape index (κ2) is 8.63. The third-order valence-electron chi connectivity index (χ3n) is 2.66. The molecule has 0 aliphatic heterocycles. The number of thioether (sulfide) groups is 1. The van der Waals surface area contributed by atoms with E-state index in [0.717, 1.165) is 6.54 Å². The maximum atomic E-state index is 2.28. The number of nitrogens with zero attached hydrogens (tertiary/aromatic N) is 1. The summed E-state index contributed by atoms with van der Waals surface area (Å²) in [7, 11) is 0. The van der Waals surface area contributed by atoms with Crippen molar-refractivity contribution in [2.45, 2.75) is 46.1 Å². The van der Waals surface area contributed by atoms with Gasteiger partial charge < -0.3 is 0 Å². The van der Waals surface area contributed by atoms with Crippen molar-refractivity contribution >= 4 is 11.8 Å². The van der Waals surface area contributed by atoms with Crippen molar-refractivity contribution in [2.24, 2.45) is 0 Å². The van der Waals surface area contributed by atoms with Gasteiger partial charge in [0.05, 0.1) is 0 Å². The van der Waals surface area contributed by atoms with Crippen molar-refractivity contribution in [2.75, 3.05) is 11.5 Å². The van der Waals surface area contributed by atoms with E-state index in [2.05, 4.69) is 54.7 Å². The lowest BCUT2D eigenvalue weighted by molar-refractivity contribution is -0.696. The molecule has 0 saturated carbocycles. The van der Waals surface area contributed by atoms with E-state index in [1.807, 2.05) is 0 Å². The summed E-state index contributed by atoms with van der Waals surface area (Å²) in [6.07, 6.45) is 9.75. The third-order valence-corrected chi connectivity index (χ3v) is 3.81. The van der Waals surface area contributed by atoms with E-state index in [1.165, 1.54) is 42.8 Å². The number of pyridine rings is 1. The first-order valence-electron chi connectivity index (χ1n) is 6.36. The Hall–Kier alpha value is -0.500. The van der Waals surface area contributed by atoms with Gasteiger partial charge in [-0.3, -0.25) is 0 Å². The minimum absolute atomic E-state index is 1.15. The number of hydrogen-bond donors (Lipinski definition) is 0. The summed E-state index contributed by atoms with van der Waals surface area (Å²) < 4.78 is 2.28. The van der Waals surface area contributed by atoms with Crippen LogP contribution < -0.4 is 4.57 Å². The Bertz CT molecular complexity index is 269. The molecule has 2 heteroatoms. The molecule has 0 N–H and O–H groups in total. The normalized spacial score (nSPS) is 10.6. The molecule has 0 aliphatic rings. The van der Waals surface area contributed by atoms with E-state index in [4.69, 9.17) is 0 Å². The van der Waals surface area contributed by atoms with Crippen LogP contribution in [0.2, 0.25) is 0 Å². The monoisotopic (exact) mass is 238 g/mol. The van der Waals surface area contributed by atoms with Crippen molar-refractivity contribution in [3.63, 3.8) is 0 Å². The third kappa shape index (κ3) is 6.16. The maximum absolute atomic E-state index is 2.28. The fourth-order valence-electron chi connectivity index (χ4n) is 1.59. The molecule has 1 heterocycles. The van der Waals surface area contributed by atoms with E-state index < -0.39 is 0 Å². The molecule has 1 aromatic rings. The zero-order valence-electron chi connectivity index (χ0n) is 10.6. The van der Waals surface area contributed by atoms with Crippen molar-refractivity contribution in [3.05, 3.63) is 30.1 Å². The van der Waals surface area contributed by atoms with Crippen LogP contribution in [0.5, 0.6) is 0 Å². The Balaban J connectivity index is 2.01. The molecule has 0 aromatic carbocycles. The zero-order valence-corrected chi connectivity index (χ0v) is 11.4. The summed E-state index contributed by atoms with van der Waals surface area (Å²) in [6.45, 7) is 5.55. The summed E-state index contributed by atoms with van der Waals surface area (Å²) in [5.41, 5.74) is 1.34. The Morgan fingerprint density at radius 1 is 1.06 bits per heavy atom. The Morgan fingerprint density at radius 2 is 1.75 bits per heavy atom. The molecule has 0 radical (unpaired) electrons. The minimum atomic E-state index is 1.15. The largest absolute Gasteiger partial charge is 0.205 e. The highest BCUT2D eigenvalue weighted by Crippen LogP contribution is 2.07. The summed E-state index contributed by atoms with van der Waals surface area (Å²) in [6, 6.07) is 4.35. The van der Waals surface area contributed by atoms with E-state index in [9.17, 15) is 0 Å². The molecule has 0 spiro atoms. The van der Waals surface area contributed by atoms with Gasteiger partial charge in [0.2, 0.25) is 0 Å². The van der Waals surface area contributed by atoms with Crippen LogP contribution in [-0.2, 0) is 6.54 Å². The smallest absolute Gasteiger partial charge is 0.169 e. The molecule has 0 bridgehead atoms. The average Bonchev–Trinajstić information content (AvgIpc) is 2.30. The van der Waals surface area contributed by atoms with Crippen molar-refractivity contribution < 1.29 is 4.57 Å². The molecule has 0 saturated heterocycles. The van der Waals surface area contributed by atoms with E-state index >= 15 is 0 Å². The van der Waals surface area contributed by atoms with E-state index in [0.29, 0.717) is 0 Å². The Kier molecular flexibility index (Phi) is 7.32. The fraction of sp³-hybridized carbons (Fsp3) is 0.643. The topological polar surface area (TPSA) is 3.88 Å². The van der Waals surface area contributed by atoms with Crippen molar-refractivity contribution in [1.29, 1.82) is 0 Å². The van der Waals surface area contributed by atoms with Gasteiger partial charge in [0.1, 0.15) is 6.54 Å². The molecule has 0 atom stereocenters. The average molecular weight is 238 g/mol. The van der Waals surface area contributed by atoms with Crippen molar-refractivity contribution in [1.82, 2.24) is 0 Å². The van der Waals surface area contributed by atoms with E-state index in [1.54, 1.807) is 0 Å². The molecule has 1 nitrogen and oxygen atoms in total. The van der Waals surface area contributed by atoms with Gasteiger partial charge in [-0.15, -0.1) is 0 Å². The zero-order chi connectivity index (χ0) is 11.6. The lowest BCUT2D eigenvalue weighted by Crippen LogP contribution is -2.32. The van der Waals surface area contributed by atoms with Crippen LogP contribution in [-0.4, -0.2) is 11.5 Å². The molecule has 16 heavy (non-hydrogen) atoms. The molecule has 1 rings (SSSR count). The van der Waals surface area contributed by atoms with Gasteiger partial charge in [-0.25, -0.2) is 4.57 Å². The summed E-state index contributed by atoms with van der Waals surface area (Å²) in [4.78, 5) is 0. The lowest BCUT2D eigenvalue weighted by Gasteiger charge is -2.00. The fourth-order valence-corrected chi connectivity index (χ4v) is 2.53. The Morgan fingerprint density at radius 3 is 2.44 bits per heavy atom. The van der Waals surface area contributed by atoms with Crippen LogP contribution in [0.3, 0.4) is 0 Å². The van der Waals surface area contributed by atoms with Crippen LogP contribution in [0.25, 0.3) is 0 Å². The molecule has 90 valence electrons. The summed E-state index contributed by atoms with van der Waals surface area (Å²) in [5, 5.41) is 0. The van der Waals surface area contributed by atoms with Gasteiger partial charge in [-0.05, 0) is 30.4 Å². The number of aryl methyl sites for hydroxylation is 2. The first-order chi connectivity index (χ1) is 7.83. The second-order valence-corrected chi connectivity index (χ2v) is 5.51. The first-order valence-corrected chi connectivity index (χ1v) is 7.52. The first kappa shape index (κ1) is 13.6. The SMILES string of the molecule is CCCCCSCCC[n+]1ccc(C)cc1. The molecule has 1 aromatic heterocycles. The molecule has 0 unspecified atom stereocenters. The predicted octanol–water partition coefficient (Wildman–Crippen LogP) is 3.60. The second-order valence-electron chi connectivity index (χ2n) is 4.29. The van der Waals surface area contributed by atoms with Crippen LogP contribution in [0.1, 0.15) is 38.2 Å². The highest BCUT2D eigenvalue weighted by molar-refractivity contribution is 7.99. The molecule has 0 amide bonds. The maximum Gasteiger partial charge on any atom is 0.169 e. The van der Waals surface area contributed by atoms with Crippen LogP contribution in [0.15, 0.2) is 24.5 Å². The number of hydrogen-bond acceptors (Lipinski definition) is 1. The molecule has 0 aliphatic carbocycles. The highest BCUT2D eigenvalue weighted by Gasteiger charge is 1.98. The molecular weight excluding hydrogens is 214 g/mol. The molecule has 0 fully saturated rings. The van der Waals surface area contributed by atoms with Crippen molar-refractivity contribution in [3.8, 4) is 0 Å². The van der Waals surface area contributed by atoms with Crippen LogP contribution >= 0.6 is 11.8 Å². The van der Waals surface area contributed by atoms with Gasteiger partial charge in [-0.1, -0.05) is 19.8 Å². The molecular formula is C14H24NS+. The number of aromatic nitrogens is 1. The van der Waals surface area contributed by atoms with Gasteiger partial charge in [0, 0.05) is 18.6 Å². The minimum Gasteiger partial charge on any atom is -0.205 e. The summed E-state index contributed by atoms with van der Waals surface area (Å²) >= 11 is 2.10. The number of unbranched alkanes of at least 4 members (excludes halogenated alkanes) is 2. The van der Waals surface area contributed by atoms with Gasteiger partial charge >= 0.3 is 0 Å². The quantitative estimate of drug-likeness (QED) is 0.494. The van der Waals surface area contributed by atoms with Crippen LogP contribution in [0.4, 0.5) is 0 Å². The van der Waals surface area contributed by atoms with E-state index in [-0.39, 0.29) is 0 Å². The highest BCUT2D eigenvalue weighted by atomic mass is 32.2.